The smallest absolute Gasteiger partial charge is 0.128 e. The summed E-state index contributed by atoms with van der Waals surface area (Å²) in [5.41, 5.74) is 3.63. The fraction of sp³-hybridized carbons (Fsp3) is 0.294. The number of alkyl halides is 1. The molecule has 1 aromatic carbocycles. The molecule has 3 aromatic rings. The Labute approximate surface area is 137 Å². The molecule has 114 valence electrons. The van der Waals surface area contributed by atoms with Gasteiger partial charge in [0.2, 0.25) is 0 Å². The third-order valence-electron chi connectivity index (χ3n) is 3.50. The predicted molar refractivity (Wildman–Crippen MR) is 93.7 cm³/mol. The van der Waals surface area contributed by atoms with Crippen LogP contribution in [0.2, 0.25) is 0 Å². The van der Waals surface area contributed by atoms with Crippen LogP contribution < -0.4 is 0 Å². The van der Waals surface area contributed by atoms with Gasteiger partial charge in [-0.1, -0.05) is 31.2 Å². The van der Waals surface area contributed by atoms with Gasteiger partial charge in [0.15, 0.2) is 0 Å². The molecule has 0 aliphatic heterocycles. The van der Waals surface area contributed by atoms with Crippen molar-refractivity contribution in [2.45, 2.75) is 25.3 Å². The van der Waals surface area contributed by atoms with Crippen LogP contribution in [0.1, 0.15) is 18.3 Å². The zero-order valence-electron chi connectivity index (χ0n) is 12.6. The van der Waals surface area contributed by atoms with Crippen LogP contribution >= 0.6 is 23.1 Å². The van der Waals surface area contributed by atoms with Crippen molar-refractivity contribution in [3.63, 3.8) is 0 Å². The van der Waals surface area contributed by atoms with Crippen LogP contribution in [0.5, 0.6) is 0 Å². The highest BCUT2D eigenvalue weighted by molar-refractivity contribution is 7.99. The largest absolute Gasteiger partial charge is 0.250 e. The lowest BCUT2D eigenvalue weighted by atomic mass is 10.0. The zero-order valence-corrected chi connectivity index (χ0v) is 14.2. The van der Waals surface area contributed by atoms with Gasteiger partial charge in [0.1, 0.15) is 15.7 Å². The lowest BCUT2D eigenvalue weighted by Crippen LogP contribution is -1.93. The molecule has 3 rings (SSSR count). The number of thiophene rings is 1. The summed E-state index contributed by atoms with van der Waals surface area (Å²) < 4.78 is 12.6. The van der Waals surface area contributed by atoms with E-state index in [4.69, 9.17) is 0 Å². The van der Waals surface area contributed by atoms with Crippen molar-refractivity contribution in [1.29, 1.82) is 0 Å². The van der Waals surface area contributed by atoms with Gasteiger partial charge in [0.05, 0.1) is 12.1 Å². The Kier molecular flexibility index (Phi) is 4.74. The molecule has 2 heterocycles. The van der Waals surface area contributed by atoms with E-state index in [1.807, 2.05) is 6.92 Å². The predicted octanol–water partition coefficient (Wildman–Crippen LogP) is 5.29. The molecule has 22 heavy (non-hydrogen) atoms. The molecule has 0 atom stereocenters. The summed E-state index contributed by atoms with van der Waals surface area (Å²) in [6.45, 7) is 3.69. The van der Waals surface area contributed by atoms with Gasteiger partial charge in [-0.2, -0.15) is 0 Å². The molecule has 2 nitrogen and oxygen atoms in total. The molecule has 0 N–H and O–H groups in total. The lowest BCUT2D eigenvalue weighted by molar-refractivity contribution is 0.532. The van der Waals surface area contributed by atoms with Crippen molar-refractivity contribution < 1.29 is 4.39 Å². The summed E-state index contributed by atoms with van der Waals surface area (Å²) in [7, 11) is 0. The number of rotatable bonds is 5. The quantitative estimate of drug-likeness (QED) is 0.469. The Morgan fingerprint density at radius 2 is 1.95 bits per heavy atom. The molecule has 0 fully saturated rings. The van der Waals surface area contributed by atoms with Crippen LogP contribution in [0.25, 0.3) is 21.3 Å². The van der Waals surface area contributed by atoms with E-state index >= 15 is 0 Å². The molecule has 0 bridgehead atoms. The molecule has 0 unspecified atom stereocenters. The first-order chi connectivity index (χ1) is 10.7. The van der Waals surface area contributed by atoms with Gasteiger partial charge >= 0.3 is 0 Å². The molecule has 0 radical (unpaired) electrons. The Balaban J connectivity index is 2.12. The SMILES string of the molecule is CCc1ccc(-c2csc3nc(C)nc(SCCF)c23)cc1. The van der Waals surface area contributed by atoms with Crippen molar-refractivity contribution >= 4 is 33.3 Å². The van der Waals surface area contributed by atoms with Gasteiger partial charge in [-0.05, 0) is 24.5 Å². The normalized spacial score (nSPS) is 11.2. The van der Waals surface area contributed by atoms with Gasteiger partial charge < -0.3 is 0 Å². The molecule has 0 saturated heterocycles. The van der Waals surface area contributed by atoms with E-state index in [0.717, 1.165) is 38.6 Å². The maximum atomic E-state index is 12.6. The van der Waals surface area contributed by atoms with Gasteiger partial charge in [-0.15, -0.1) is 23.1 Å². The van der Waals surface area contributed by atoms with Gasteiger partial charge in [-0.3, -0.25) is 4.39 Å². The Morgan fingerprint density at radius 1 is 1.18 bits per heavy atom. The summed E-state index contributed by atoms with van der Waals surface area (Å²) in [6, 6.07) is 8.60. The van der Waals surface area contributed by atoms with Crippen molar-refractivity contribution in [3.05, 3.63) is 41.0 Å². The van der Waals surface area contributed by atoms with Gasteiger partial charge in [0, 0.05) is 16.7 Å². The van der Waals surface area contributed by atoms with Crippen LogP contribution in [0.15, 0.2) is 34.7 Å². The molecule has 0 saturated carbocycles. The van der Waals surface area contributed by atoms with Crippen molar-refractivity contribution in [3.8, 4) is 11.1 Å². The highest BCUT2D eigenvalue weighted by atomic mass is 32.2. The number of hydrogen-bond donors (Lipinski definition) is 0. The molecular weight excluding hydrogens is 315 g/mol. The first-order valence-corrected chi connectivity index (χ1v) is 9.13. The fourth-order valence-electron chi connectivity index (χ4n) is 2.38. The monoisotopic (exact) mass is 332 g/mol. The number of hydrogen-bond acceptors (Lipinski definition) is 4. The maximum absolute atomic E-state index is 12.6. The van der Waals surface area contributed by atoms with Crippen molar-refractivity contribution in [2.24, 2.45) is 0 Å². The van der Waals surface area contributed by atoms with E-state index in [2.05, 4.69) is 46.5 Å². The second-order valence-electron chi connectivity index (χ2n) is 4.99. The van der Waals surface area contributed by atoms with Crippen LogP contribution in [-0.2, 0) is 6.42 Å². The molecule has 5 heteroatoms. The first kappa shape index (κ1) is 15.4. The summed E-state index contributed by atoms with van der Waals surface area (Å²) >= 11 is 3.09. The highest BCUT2D eigenvalue weighted by Crippen LogP contribution is 2.38. The number of nitrogens with zero attached hydrogens (tertiary/aromatic N) is 2. The topological polar surface area (TPSA) is 25.8 Å². The van der Waals surface area contributed by atoms with Crippen molar-refractivity contribution in [2.75, 3.05) is 12.4 Å². The number of aromatic nitrogens is 2. The minimum absolute atomic E-state index is 0.347. The number of benzene rings is 1. The van der Waals surface area contributed by atoms with Crippen LogP contribution in [-0.4, -0.2) is 22.4 Å². The summed E-state index contributed by atoms with van der Waals surface area (Å²) in [5, 5.41) is 4.06. The molecule has 0 aliphatic carbocycles. The first-order valence-electron chi connectivity index (χ1n) is 7.27. The third-order valence-corrected chi connectivity index (χ3v) is 5.30. The minimum atomic E-state index is -0.347. The van der Waals surface area contributed by atoms with Crippen LogP contribution in [0.3, 0.4) is 0 Å². The lowest BCUT2D eigenvalue weighted by Gasteiger charge is -2.06. The highest BCUT2D eigenvalue weighted by Gasteiger charge is 2.14. The second-order valence-corrected chi connectivity index (χ2v) is 6.94. The number of thioether (sulfide) groups is 1. The van der Waals surface area contributed by atoms with Crippen LogP contribution in [0, 0.1) is 6.92 Å². The molecular formula is C17H17FN2S2. The Morgan fingerprint density at radius 3 is 2.64 bits per heavy atom. The van der Waals surface area contributed by atoms with E-state index in [1.54, 1.807) is 11.3 Å². The molecule has 0 aliphatic rings. The van der Waals surface area contributed by atoms with Gasteiger partial charge in [0.25, 0.3) is 0 Å². The summed E-state index contributed by atoms with van der Waals surface area (Å²) in [6.07, 6.45) is 1.03. The minimum Gasteiger partial charge on any atom is -0.250 e. The van der Waals surface area contributed by atoms with Gasteiger partial charge in [-0.25, -0.2) is 9.97 Å². The fourth-order valence-corrected chi connectivity index (χ4v) is 4.26. The number of fused-ring (bicyclic) bond motifs is 1. The molecule has 2 aromatic heterocycles. The van der Waals surface area contributed by atoms with E-state index in [1.165, 1.54) is 17.3 Å². The number of halogens is 1. The van der Waals surface area contributed by atoms with E-state index in [0.29, 0.717) is 5.75 Å². The second kappa shape index (κ2) is 6.75. The third kappa shape index (κ3) is 3.01. The number of aryl methyl sites for hydroxylation is 2. The van der Waals surface area contributed by atoms with E-state index in [-0.39, 0.29) is 6.67 Å². The van der Waals surface area contributed by atoms with Crippen molar-refractivity contribution in [1.82, 2.24) is 9.97 Å². The molecule has 0 spiro atoms. The maximum Gasteiger partial charge on any atom is 0.128 e. The van der Waals surface area contributed by atoms with Crippen LogP contribution in [0.4, 0.5) is 4.39 Å². The Hall–Kier alpha value is -1.46. The zero-order chi connectivity index (χ0) is 15.5. The Bertz CT molecular complexity index is 781. The van der Waals surface area contributed by atoms with E-state index < -0.39 is 0 Å². The van der Waals surface area contributed by atoms with E-state index in [9.17, 15) is 4.39 Å². The summed E-state index contributed by atoms with van der Waals surface area (Å²) in [4.78, 5) is 10.0. The molecule has 0 amide bonds. The average Bonchev–Trinajstić information content (AvgIpc) is 2.96. The summed E-state index contributed by atoms with van der Waals surface area (Å²) in [5.74, 6) is 1.17. The average molecular weight is 332 g/mol. The standard InChI is InChI=1S/C17H17FN2S2/c1-3-12-4-6-13(7-5-12)14-10-22-17-15(14)16(21-9-8-18)19-11(2)20-17/h4-7,10H,3,8-9H2,1-2H3.